The van der Waals surface area contributed by atoms with Crippen molar-refractivity contribution in [1.82, 2.24) is 0 Å². The van der Waals surface area contributed by atoms with Crippen LogP contribution in [0.4, 0.5) is 0 Å². The summed E-state index contributed by atoms with van der Waals surface area (Å²) in [6, 6.07) is 0. The molecule has 1 rings (SSSR count). The molecule has 0 bridgehead atoms. The first-order valence-corrected chi connectivity index (χ1v) is 4.38. The molecule has 0 aromatic rings. The predicted molar refractivity (Wildman–Crippen MR) is 47.8 cm³/mol. The predicted octanol–water partition coefficient (Wildman–Crippen LogP) is 1.74. The van der Waals surface area contributed by atoms with E-state index in [0.717, 1.165) is 19.3 Å². The van der Waals surface area contributed by atoms with E-state index < -0.39 is 11.9 Å². The molecule has 0 radical (unpaired) electrons. The Morgan fingerprint density at radius 1 is 1.46 bits per heavy atom. The lowest BCUT2D eigenvalue weighted by atomic mass is 10.2. The van der Waals surface area contributed by atoms with Crippen LogP contribution in [0.15, 0.2) is 23.8 Å². The Kier molecular flexibility index (Phi) is 3.43. The van der Waals surface area contributed by atoms with E-state index in [1.165, 1.54) is 6.08 Å². The second-order valence-corrected chi connectivity index (χ2v) is 2.85. The summed E-state index contributed by atoms with van der Waals surface area (Å²) in [5.74, 6) is -1.11. The summed E-state index contributed by atoms with van der Waals surface area (Å²) in [5.41, 5.74) is 0.348. The fourth-order valence-corrected chi connectivity index (χ4v) is 1.01. The molecular weight excluding hydrogens is 168 g/mol. The van der Waals surface area contributed by atoms with Gasteiger partial charge in [-0.2, -0.15) is 0 Å². The molecule has 0 fully saturated rings. The van der Waals surface area contributed by atoms with Gasteiger partial charge in [0, 0.05) is 6.08 Å². The van der Waals surface area contributed by atoms with Gasteiger partial charge in [-0.05, 0) is 6.42 Å². The first kappa shape index (κ1) is 9.71. The van der Waals surface area contributed by atoms with Crippen molar-refractivity contribution in [3.63, 3.8) is 0 Å². The maximum absolute atomic E-state index is 10.9. The zero-order valence-corrected chi connectivity index (χ0v) is 7.58. The third-order valence-corrected chi connectivity index (χ3v) is 1.72. The van der Waals surface area contributed by atoms with Crippen LogP contribution < -0.4 is 0 Å². The Hall–Kier alpha value is -1.38. The number of esters is 2. The van der Waals surface area contributed by atoms with Crippen LogP contribution >= 0.6 is 0 Å². The molecule has 3 nitrogen and oxygen atoms in total. The van der Waals surface area contributed by atoms with E-state index in [1.54, 1.807) is 6.08 Å². The lowest BCUT2D eigenvalue weighted by molar-refractivity contribution is -0.150. The number of hydrogen-bond donors (Lipinski definition) is 0. The molecule has 0 amide bonds. The molecule has 1 aliphatic rings. The number of carbonyl (C=O) groups is 2. The molecule has 0 spiro atoms. The Morgan fingerprint density at radius 2 is 2.23 bits per heavy atom. The van der Waals surface area contributed by atoms with Gasteiger partial charge >= 0.3 is 11.9 Å². The average molecular weight is 180 g/mol. The van der Waals surface area contributed by atoms with Crippen LogP contribution in [-0.2, 0) is 14.3 Å². The molecule has 0 N–H and O–H groups in total. The summed E-state index contributed by atoms with van der Waals surface area (Å²) >= 11 is 0. The van der Waals surface area contributed by atoms with E-state index in [9.17, 15) is 9.59 Å². The Bertz CT molecular complexity index is 274. The summed E-state index contributed by atoms with van der Waals surface area (Å²) in [6.07, 6.45) is 7.87. The Labute approximate surface area is 77.1 Å². The molecule has 0 atom stereocenters. The van der Waals surface area contributed by atoms with E-state index in [-0.39, 0.29) is 0 Å². The van der Waals surface area contributed by atoms with Crippen molar-refractivity contribution in [3.05, 3.63) is 23.8 Å². The van der Waals surface area contributed by atoms with E-state index >= 15 is 0 Å². The molecule has 1 heterocycles. The fraction of sp³-hybridized carbons (Fsp3) is 0.400. The van der Waals surface area contributed by atoms with Crippen LogP contribution in [-0.4, -0.2) is 11.9 Å². The van der Waals surface area contributed by atoms with E-state index in [4.69, 9.17) is 0 Å². The number of ether oxygens (including phenoxy) is 1. The number of unbranched alkanes of at least 4 members (excludes halogenated alkanes) is 2. The van der Waals surface area contributed by atoms with Crippen molar-refractivity contribution in [3.8, 4) is 0 Å². The number of allylic oxidation sites excluding steroid dienone is 1. The summed E-state index contributed by atoms with van der Waals surface area (Å²) in [4.78, 5) is 21.5. The first-order valence-electron chi connectivity index (χ1n) is 4.38. The van der Waals surface area contributed by atoms with E-state index in [0.29, 0.717) is 5.57 Å². The summed E-state index contributed by atoms with van der Waals surface area (Å²) in [5, 5.41) is 0. The Balaban J connectivity index is 2.44. The van der Waals surface area contributed by atoms with E-state index in [1.807, 2.05) is 6.08 Å². The van der Waals surface area contributed by atoms with Gasteiger partial charge < -0.3 is 4.74 Å². The van der Waals surface area contributed by atoms with Crippen LogP contribution in [0.5, 0.6) is 0 Å². The van der Waals surface area contributed by atoms with Gasteiger partial charge in [0.05, 0.1) is 5.57 Å². The zero-order chi connectivity index (χ0) is 9.68. The molecule has 13 heavy (non-hydrogen) atoms. The van der Waals surface area contributed by atoms with Gasteiger partial charge in [0.25, 0.3) is 0 Å². The van der Waals surface area contributed by atoms with Gasteiger partial charge in [0.1, 0.15) is 0 Å². The summed E-state index contributed by atoms with van der Waals surface area (Å²) in [7, 11) is 0. The van der Waals surface area contributed by atoms with Crippen molar-refractivity contribution in [2.75, 3.05) is 0 Å². The minimum atomic E-state index is -0.569. The topological polar surface area (TPSA) is 43.4 Å². The monoisotopic (exact) mass is 180 g/mol. The molecule has 0 saturated heterocycles. The largest absolute Gasteiger partial charge is 0.386 e. The number of cyclic esters (lactones) is 2. The second kappa shape index (κ2) is 4.60. The molecule has 1 aliphatic heterocycles. The van der Waals surface area contributed by atoms with Crippen LogP contribution in [0.3, 0.4) is 0 Å². The van der Waals surface area contributed by atoms with Crippen LogP contribution in [0, 0.1) is 0 Å². The fourth-order valence-electron chi connectivity index (χ4n) is 1.01. The second-order valence-electron chi connectivity index (χ2n) is 2.85. The smallest absolute Gasteiger partial charge is 0.346 e. The van der Waals surface area contributed by atoms with Crippen molar-refractivity contribution < 1.29 is 14.3 Å². The van der Waals surface area contributed by atoms with Gasteiger partial charge in [-0.1, -0.05) is 31.9 Å². The van der Waals surface area contributed by atoms with Gasteiger partial charge in [0.2, 0.25) is 0 Å². The van der Waals surface area contributed by atoms with Crippen LogP contribution in [0.1, 0.15) is 26.2 Å². The average Bonchev–Trinajstić information content (AvgIpc) is 2.39. The number of rotatable bonds is 4. The summed E-state index contributed by atoms with van der Waals surface area (Å²) < 4.78 is 4.31. The van der Waals surface area contributed by atoms with Gasteiger partial charge in [-0.15, -0.1) is 0 Å². The van der Waals surface area contributed by atoms with Crippen molar-refractivity contribution in [2.45, 2.75) is 26.2 Å². The molecule has 3 heteroatoms. The van der Waals surface area contributed by atoms with Gasteiger partial charge in [0.15, 0.2) is 0 Å². The molecule has 0 aromatic carbocycles. The standard InChI is InChI=1S/C10H12O3/c1-2-3-4-5-6-8-7-9(11)13-10(8)12/h5-7H,2-4H2,1H3. The highest BCUT2D eigenvalue weighted by molar-refractivity contribution is 6.10. The third-order valence-electron chi connectivity index (χ3n) is 1.72. The zero-order valence-electron chi connectivity index (χ0n) is 7.58. The van der Waals surface area contributed by atoms with Crippen LogP contribution in [0.25, 0.3) is 0 Å². The Morgan fingerprint density at radius 3 is 2.77 bits per heavy atom. The van der Waals surface area contributed by atoms with E-state index in [2.05, 4.69) is 11.7 Å². The highest BCUT2D eigenvalue weighted by atomic mass is 16.6. The van der Waals surface area contributed by atoms with Crippen LogP contribution in [0.2, 0.25) is 0 Å². The van der Waals surface area contributed by atoms with Crippen molar-refractivity contribution in [1.29, 1.82) is 0 Å². The third kappa shape index (κ3) is 2.86. The molecule has 0 aromatic heterocycles. The number of hydrogen-bond acceptors (Lipinski definition) is 3. The SMILES string of the molecule is CCCCC=CC1=CC(=O)OC1=O. The normalized spacial score (nSPS) is 16.5. The lowest BCUT2D eigenvalue weighted by Gasteiger charge is -1.89. The molecular formula is C10H12O3. The maximum atomic E-state index is 10.9. The number of carbonyl (C=O) groups excluding carboxylic acids is 2. The van der Waals surface area contributed by atoms with Crippen molar-refractivity contribution in [2.24, 2.45) is 0 Å². The van der Waals surface area contributed by atoms with Crippen molar-refractivity contribution >= 4 is 11.9 Å². The van der Waals surface area contributed by atoms with Gasteiger partial charge in [-0.25, -0.2) is 9.59 Å². The summed E-state index contributed by atoms with van der Waals surface area (Å²) in [6.45, 7) is 2.10. The first-order chi connectivity index (χ1) is 6.24. The molecule has 0 unspecified atom stereocenters. The lowest BCUT2D eigenvalue weighted by Crippen LogP contribution is -2.00. The highest BCUT2D eigenvalue weighted by Gasteiger charge is 2.20. The highest BCUT2D eigenvalue weighted by Crippen LogP contribution is 2.10. The maximum Gasteiger partial charge on any atom is 0.346 e. The molecule has 70 valence electrons. The quantitative estimate of drug-likeness (QED) is 0.376. The molecule has 0 saturated carbocycles. The minimum absolute atomic E-state index is 0.348. The van der Waals surface area contributed by atoms with Gasteiger partial charge in [-0.3, -0.25) is 0 Å². The minimum Gasteiger partial charge on any atom is -0.386 e. The molecule has 0 aliphatic carbocycles.